The Morgan fingerprint density at radius 3 is 2.59 bits per heavy atom. The van der Waals surface area contributed by atoms with E-state index < -0.39 is 9.84 Å². The number of hydrogen-bond acceptors (Lipinski definition) is 5. The summed E-state index contributed by atoms with van der Waals surface area (Å²) in [7, 11) is -3.36. The third kappa shape index (κ3) is 2.60. The molecule has 0 aliphatic heterocycles. The number of aromatic nitrogens is 2. The van der Waals surface area contributed by atoms with E-state index in [1.807, 2.05) is 0 Å². The molecule has 2 rings (SSSR count). The Kier molecular flexibility index (Phi) is 3.40. The Morgan fingerprint density at radius 1 is 1.29 bits per heavy atom. The topological polar surface area (TPSA) is 59.9 Å². The van der Waals surface area contributed by atoms with E-state index in [2.05, 4.69) is 9.59 Å². The van der Waals surface area contributed by atoms with Gasteiger partial charge >= 0.3 is 0 Å². The minimum Gasteiger partial charge on any atom is -0.223 e. The third-order valence-corrected chi connectivity index (χ3v) is 5.05. The Hall–Kier alpha value is -0.690. The first-order chi connectivity index (χ1) is 7.89. The molecule has 0 saturated carbocycles. The van der Waals surface area contributed by atoms with Gasteiger partial charge in [0.05, 0.1) is 5.02 Å². The van der Waals surface area contributed by atoms with Crippen molar-refractivity contribution in [3.05, 3.63) is 28.2 Å². The first-order valence-corrected chi connectivity index (χ1v) is 7.79. The molecule has 0 radical (unpaired) electrons. The van der Waals surface area contributed by atoms with Gasteiger partial charge in [-0.1, -0.05) is 27.7 Å². The van der Waals surface area contributed by atoms with Gasteiger partial charge in [0.2, 0.25) is 0 Å². The monoisotopic (exact) mass is 308 g/mol. The lowest BCUT2D eigenvalue weighted by atomic mass is 10.2. The second kappa shape index (κ2) is 4.53. The van der Waals surface area contributed by atoms with E-state index in [-0.39, 0.29) is 9.90 Å². The molecule has 17 heavy (non-hydrogen) atoms. The van der Waals surface area contributed by atoms with Gasteiger partial charge in [0, 0.05) is 28.4 Å². The van der Waals surface area contributed by atoms with Crippen LogP contribution in [0.25, 0.3) is 11.3 Å². The molecule has 0 unspecified atom stereocenters. The van der Waals surface area contributed by atoms with Crippen molar-refractivity contribution in [2.24, 2.45) is 0 Å². The summed E-state index contributed by atoms with van der Waals surface area (Å²) in [5.41, 5.74) is 0.768. The van der Waals surface area contributed by atoms with Crippen LogP contribution in [-0.4, -0.2) is 24.3 Å². The summed E-state index contributed by atoms with van der Waals surface area (Å²) in [6.45, 7) is 0. The fraction of sp³-hybridized carbons (Fsp3) is 0.111. The predicted molar refractivity (Wildman–Crippen MR) is 68.5 cm³/mol. The highest BCUT2D eigenvalue weighted by Gasteiger charge is 2.21. The van der Waals surface area contributed by atoms with Crippen LogP contribution in [0.4, 0.5) is 0 Å². The molecule has 90 valence electrons. The van der Waals surface area contributed by atoms with Crippen molar-refractivity contribution in [3.63, 3.8) is 0 Å². The maximum atomic E-state index is 11.5. The van der Waals surface area contributed by atoms with Crippen molar-refractivity contribution >= 4 is 44.6 Å². The lowest BCUT2D eigenvalue weighted by Crippen LogP contribution is -1.96. The van der Waals surface area contributed by atoms with E-state index in [9.17, 15) is 8.42 Å². The number of rotatable bonds is 2. The predicted octanol–water partition coefficient (Wildman–Crippen LogP) is 2.92. The highest BCUT2D eigenvalue weighted by molar-refractivity contribution is 7.92. The fourth-order valence-electron chi connectivity index (χ4n) is 1.27. The second-order valence-electron chi connectivity index (χ2n) is 3.31. The number of hydrogen-bond donors (Lipinski definition) is 0. The Labute approximate surface area is 112 Å². The number of halogens is 2. The van der Waals surface area contributed by atoms with Gasteiger partial charge in [0.1, 0.15) is 5.69 Å². The number of nitrogens with zero attached hydrogens (tertiary/aromatic N) is 2. The summed E-state index contributed by atoms with van der Waals surface area (Å²) in [4.78, 5) is 0. The Bertz CT molecular complexity index is 667. The van der Waals surface area contributed by atoms with Gasteiger partial charge in [-0.2, -0.15) is 0 Å². The van der Waals surface area contributed by atoms with Crippen LogP contribution in [0.3, 0.4) is 0 Å². The van der Waals surface area contributed by atoms with Crippen LogP contribution >= 0.6 is 34.7 Å². The molecule has 8 heteroatoms. The number of sulfone groups is 1. The van der Waals surface area contributed by atoms with E-state index in [1.165, 1.54) is 6.07 Å². The van der Waals surface area contributed by atoms with Crippen molar-refractivity contribution in [2.45, 2.75) is 4.21 Å². The van der Waals surface area contributed by atoms with E-state index in [0.717, 1.165) is 17.8 Å². The molecule has 0 aliphatic rings. The first-order valence-electron chi connectivity index (χ1n) is 4.37. The lowest BCUT2D eigenvalue weighted by molar-refractivity contribution is 0.604. The summed E-state index contributed by atoms with van der Waals surface area (Å²) in [5.74, 6) is 0. The molecule has 0 saturated heterocycles. The SMILES string of the molecule is CS(=O)(=O)c1snnc1-c1ccc(Cl)cc1Cl. The standard InChI is InChI=1S/C9H6Cl2N2O2S2/c1-17(14,15)9-8(12-13-16-9)6-3-2-5(10)4-7(6)11/h2-4H,1H3. The van der Waals surface area contributed by atoms with E-state index >= 15 is 0 Å². The largest absolute Gasteiger partial charge is 0.223 e. The van der Waals surface area contributed by atoms with E-state index in [0.29, 0.717) is 15.6 Å². The molecule has 0 spiro atoms. The zero-order valence-corrected chi connectivity index (χ0v) is 11.7. The average molecular weight is 309 g/mol. The lowest BCUT2D eigenvalue weighted by Gasteiger charge is -2.02. The quantitative estimate of drug-likeness (QED) is 0.856. The highest BCUT2D eigenvalue weighted by atomic mass is 35.5. The average Bonchev–Trinajstić information content (AvgIpc) is 2.65. The molecule has 1 aromatic carbocycles. The molecule has 1 aromatic heterocycles. The molecule has 0 N–H and O–H groups in total. The zero-order valence-electron chi connectivity index (χ0n) is 8.52. The molecule has 2 aromatic rings. The fourth-order valence-corrected chi connectivity index (χ4v) is 3.35. The highest BCUT2D eigenvalue weighted by Crippen LogP contribution is 2.34. The zero-order chi connectivity index (χ0) is 12.6. The molecular weight excluding hydrogens is 303 g/mol. The smallest absolute Gasteiger partial charge is 0.188 e. The normalized spacial score (nSPS) is 11.7. The van der Waals surface area contributed by atoms with Gasteiger partial charge in [-0.25, -0.2) is 8.42 Å². The molecular formula is C9H6Cl2N2O2S2. The van der Waals surface area contributed by atoms with E-state index in [4.69, 9.17) is 23.2 Å². The Balaban J connectivity index is 2.66. The number of benzene rings is 1. The van der Waals surface area contributed by atoms with Crippen molar-refractivity contribution in [3.8, 4) is 11.3 Å². The molecule has 0 atom stereocenters. The van der Waals surface area contributed by atoms with Crippen LogP contribution in [0.2, 0.25) is 10.0 Å². The van der Waals surface area contributed by atoms with Gasteiger partial charge in [0.15, 0.2) is 14.0 Å². The summed E-state index contributed by atoms with van der Waals surface area (Å²) in [6.07, 6.45) is 1.11. The third-order valence-electron chi connectivity index (χ3n) is 1.98. The van der Waals surface area contributed by atoms with Crippen molar-refractivity contribution in [2.75, 3.05) is 6.26 Å². The molecule has 0 bridgehead atoms. The van der Waals surface area contributed by atoms with Crippen LogP contribution in [0.5, 0.6) is 0 Å². The van der Waals surface area contributed by atoms with Crippen LogP contribution in [0.15, 0.2) is 22.4 Å². The summed E-state index contributed by atoms with van der Waals surface area (Å²) >= 11 is 12.6. The molecule has 0 amide bonds. The van der Waals surface area contributed by atoms with Gasteiger partial charge in [-0.15, -0.1) is 5.10 Å². The van der Waals surface area contributed by atoms with Gasteiger partial charge in [-0.05, 0) is 18.2 Å². The minimum absolute atomic E-state index is 0.0988. The van der Waals surface area contributed by atoms with Crippen molar-refractivity contribution in [1.29, 1.82) is 0 Å². The van der Waals surface area contributed by atoms with Crippen LogP contribution in [-0.2, 0) is 9.84 Å². The Morgan fingerprint density at radius 2 is 2.00 bits per heavy atom. The maximum absolute atomic E-state index is 11.5. The summed E-state index contributed by atoms with van der Waals surface area (Å²) in [6, 6.07) is 4.77. The van der Waals surface area contributed by atoms with Crippen molar-refractivity contribution in [1.82, 2.24) is 9.59 Å². The van der Waals surface area contributed by atoms with Crippen LogP contribution < -0.4 is 0 Å². The summed E-state index contributed by atoms with van der Waals surface area (Å²) < 4.78 is 26.8. The van der Waals surface area contributed by atoms with Crippen LogP contribution in [0.1, 0.15) is 0 Å². The van der Waals surface area contributed by atoms with Gasteiger partial charge in [0.25, 0.3) is 0 Å². The molecule has 0 aliphatic carbocycles. The van der Waals surface area contributed by atoms with Gasteiger partial charge in [-0.3, -0.25) is 0 Å². The molecule has 0 fully saturated rings. The molecule has 4 nitrogen and oxygen atoms in total. The van der Waals surface area contributed by atoms with Crippen molar-refractivity contribution < 1.29 is 8.42 Å². The van der Waals surface area contributed by atoms with E-state index in [1.54, 1.807) is 12.1 Å². The second-order valence-corrected chi connectivity index (χ2v) is 7.11. The van der Waals surface area contributed by atoms with Crippen LogP contribution in [0, 0.1) is 0 Å². The molecule has 1 heterocycles. The van der Waals surface area contributed by atoms with Gasteiger partial charge < -0.3 is 0 Å². The minimum atomic E-state index is -3.36. The maximum Gasteiger partial charge on any atom is 0.188 e. The first kappa shape index (κ1) is 12.8. The summed E-state index contributed by atoms with van der Waals surface area (Å²) in [5, 5.41) is 4.62.